The van der Waals surface area contributed by atoms with Crippen molar-refractivity contribution in [3.05, 3.63) is 84.4 Å². The molecule has 0 aliphatic heterocycles. The number of ether oxygens (including phenoxy) is 2. The monoisotopic (exact) mass is 515 g/mol. The third kappa shape index (κ3) is 6.11. The fourth-order valence-electron chi connectivity index (χ4n) is 3.53. The Hall–Kier alpha value is -4.29. The van der Waals surface area contributed by atoms with E-state index < -0.39 is 0 Å². The molecule has 0 unspecified atom stereocenters. The van der Waals surface area contributed by atoms with Crippen molar-refractivity contribution in [1.82, 2.24) is 45.7 Å². The molecular weight excluding hydrogens is 490 g/mol. The molecule has 0 fully saturated rings. The lowest BCUT2D eigenvalue weighted by atomic mass is 10.2. The second kappa shape index (κ2) is 12.1. The van der Waals surface area contributed by atoms with Crippen molar-refractivity contribution < 1.29 is 9.47 Å². The summed E-state index contributed by atoms with van der Waals surface area (Å²) >= 11 is 1.60. The zero-order valence-electron chi connectivity index (χ0n) is 20.1. The predicted molar refractivity (Wildman–Crippen MR) is 138 cm³/mol. The van der Waals surface area contributed by atoms with Crippen LogP contribution >= 0.6 is 11.8 Å². The Balaban J connectivity index is 1.17. The molecule has 5 rings (SSSR count). The van der Waals surface area contributed by atoms with Gasteiger partial charge in [0, 0.05) is 18.8 Å². The summed E-state index contributed by atoms with van der Waals surface area (Å²) in [5.41, 5.74) is 2.81. The Morgan fingerprint density at radius 1 is 0.811 bits per heavy atom. The normalized spacial score (nSPS) is 10.9. The smallest absolute Gasteiger partial charge is 0.346 e. The van der Waals surface area contributed by atoms with Crippen LogP contribution in [-0.4, -0.2) is 59.3 Å². The van der Waals surface area contributed by atoms with Crippen molar-refractivity contribution in [2.45, 2.75) is 18.6 Å². The van der Waals surface area contributed by atoms with Gasteiger partial charge in [-0.15, -0.1) is 5.10 Å². The number of rotatable bonds is 12. The highest BCUT2D eigenvalue weighted by atomic mass is 32.2. The summed E-state index contributed by atoms with van der Waals surface area (Å²) in [6, 6.07) is 25.5. The molecular formula is C25H25N9O2S. The topological polar surface area (TPSA) is 118 Å². The number of aromatic nitrogens is 8. The van der Waals surface area contributed by atoms with Crippen LogP contribution in [0.1, 0.15) is 12.5 Å². The number of para-hydroxylation sites is 2. The Labute approximate surface area is 217 Å². The maximum Gasteiger partial charge on any atom is 0.346 e. The van der Waals surface area contributed by atoms with Gasteiger partial charge < -0.3 is 14.8 Å². The van der Waals surface area contributed by atoms with E-state index in [0.717, 1.165) is 34.4 Å². The van der Waals surface area contributed by atoms with Crippen LogP contribution < -0.4 is 14.8 Å². The first-order valence-corrected chi connectivity index (χ1v) is 12.7. The Bertz CT molecular complexity index is 1410. The molecule has 188 valence electrons. The molecule has 0 saturated carbocycles. The summed E-state index contributed by atoms with van der Waals surface area (Å²) in [5, 5.41) is 28.1. The second-order valence-corrected chi connectivity index (χ2v) is 8.82. The molecule has 11 nitrogen and oxygen atoms in total. The number of thioether (sulfide) groups is 1. The van der Waals surface area contributed by atoms with Gasteiger partial charge in [-0.2, -0.15) is 9.36 Å². The van der Waals surface area contributed by atoms with Crippen LogP contribution in [0.3, 0.4) is 0 Å². The third-order valence-corrected chi connectivity index (χ3v) is 6.15. The molecule has 2 aromatic heterocycles. The van der Waals surface area contributed by atoms with Gasteiger partial charge in [-0.25, -0.2) is 0 Å². The number of nitrogens with one attached hydrogen (secondary N) is 1. The van der Waals surface area contributed by atoms with E-state index in [1.807, 2.05) is 85.8 Å². The first kappa shape index (κ1) is 24.4. The van der Waals surface area contributed by atoms with Gasteiger partial charge >= 0.3 is 6.01 Å². The zero-order chi connectivity index (χ0) is 25.3. The molecule has 0 aliphatic carbocycles. The third-order valence-electron chi connectivity index (χ3n) is 5.23. The number of hydrogen-bond acceptors (Lipinski definition) is 10. The van der Waals surface area contributed by atoms with Crippen molar-refractivity contribution in [2.75, 3.05) is 18.9 Å². The molecule has 5 aromatic rings. The summed E-state index contributed by atoms with van der Waals surface area (Å²) < 4.78 is 15.2. The molecule has 0 aliphatic rings. The maximum atomic E-state index is 6.03. The van der Waals surface area contributed by atoms with Gasteiger partial charge in [0.1, 0.15) is 0 Å². The highest BCUT2D eigenvalue weighted by molar-refractivity contribution is 7.99. The number of hydrogen-bond donors (Lipinski definition) is 1. The van der Waals surface area contributed by atoms with Crippen LogP contribution in [-0.2, 0) is 6.54 Å². The minimum Gasteiger partial charge on any atom is -0.490 e. The van der Waals surface area contributed by atoms with Crippen LogP contribution in [0.5, 0.6) is 17.5 Å². The van der Waals surface area contributed by atoms with E-state index in [0.29, 0.717) is 24.7 Å². The first-order valence-electron chi connectivity index (χ1n) is 11.8. The van der Waals surface area contributed by atoms with Gasteiger partial charge in [-0.3, -0.25) is 0 Å². The summed E-state index contributed by atoms with van der Waals surface area (Å²) in [6.45, 7) is 3.89. The van der Waals surface area contributed by atoms with E-state index in [1.54, 1.807) is 16.4 Å². The Morgan fingerprint density at radius 2 is 1.51 bits per heavy atom. The van der Waals surface area contributed by atoms with Gasteiger partial charge in [0.15, 0.2) is 11.5 Å². The SMILES string of the molecule is CCOc1cc(CNCCSc2nnnn2-c2ccccc2)ccc1Oc1nnnn1-c1ccccc1. The zero-order valence-corrected chi connectivity index (χ0v) is 21.0. The summed E-state index contributed by atoms with van der Waals surface area (Å²) in [5.74, 6) is 1.98. The quantitative estimate of drug-likeness (QED) is 0.195. The molecule has 1 N–H and O–H groups in total. The fourth-order valence-corrected chi connectivity index (χ4v) is 4.32. The second-order valence-electron chi connectivity index (χ2n) is 7.76. The Kier molecular flexibility index (Phi) is 7.98. The molecule has 0 radical (unpaired) electrons. The van der Waals surface area contributed by atoms with Crippen molar-refractivity contribution in [1.29, 1.82) is 0 Å². The number of nitrogens with zero attached hydrogens (tertiary/aromatic N) is 8. The standard InChI is InChI=1S/C25H25N9O2S/c1-2-35-23-17-19(13-14-22(23)36-24-27-29-31-33(24)20-9-5-3-6-10-20)18-26-15-16-37-25-28-30-32-34(25)21-11-7-4-8-12-21/h3-14,17,26H,2,15-16,18H2,1H3. The van der Waals surface area contributed by atoms with Crippen LogP contribution in [0.25, 0.3) is 11.4 Å². The lowest BCUT2D eigenvalue weighted by Gasteiger charge is -2.13. The molecule has 0 atom stereocenters. The van der Waals surface area contributed by atoms with E-state index in [1.165, 1.54) is 4.68 Å². The molecule has 0 saturated heterocycles. The average Bonchev–Trinajstić information content (AvgIpc) is 3.61. The van der Waals surface area contributed by atoms with Gasteiger partial charge in [-0.1, -0.05) is 59.3 Å². The van der Waals surface area contributed by atoms with E-state index >= 15 is 0 Å². The minimum absolute atomic E-state index is 0.257. The van der Waals surface area contributed by atoms with Gasteiger partial charge in [-0.05, 0) is 69.7 Å². The van der Waals surface area contributed by atoms with E-state index in [2.05, 4.69) is 36.4 Å². The Morgan fingerprint density at radius 3 is 2.27 bits per heavy atom. The predicted octanol–water partition coefficient (Wildman–Crippen LogP) is 3.71. The number of tetrazole rings is 2. The molecule has 0 spiro atoms. The van der Waals surface area contributed by atoms with Crippen LogP contribution in [0.2, 0.25) is 0 Å². The lowest BCUT2D eigenvalue weighted by molar-refractivity contribution is 0.315. The molecule has 12 heteroatoms. The van der Waals surface area contributed by atoms with Gasteiger partial charge in [0.2, 0.25) is 5.16 Å². The van der Waals surface area contributed by atoms with Crippen molar-refractivity contribution >= 4 is 11.8 Å². The van der Waals surface area contributed by atoms with Crippen molar-refractivity contribution in [3.8, 4) is 28.9 Å². The van der Waals surface area contributed by atoms with E-state index in [-0.39, 0.29) is 6.01 Å². The molecule has 3 aromatic carbocycles. The molecule has 37 heavy (non-hydrogen) atoms. The molecule has 0 amide bonds. The van der Waals surface area contributed by atoms with Crippen molar-refractivity contribution in [3.63, 3.8) is 0 Å². The minimum atomic E-state index is 0.257. The number of benzene rings is 3. The summed E-state index contributed by atoms with van der Waals surface area (Å²) in [7, 11) is 0. The maximum absolute atomic E-state index is 6.03. The molecule has 2 heterocycles. The highest BCUT2D eigenvalue weighted by Crippen LogP contribution is 2.32. The van der Waals surface area contributed by atoms with Crippen molar-refractivity contribution in [2.24, 2.45) is 0 Å². The fraction of sp³-hybridized carbons (Fsp3) is 0.200. The first-order chi connectivity index (χ1) is 18.3. The largest absolute Gasteiger partial charge is 0.490 e. The summed E-state index contributed by atoms with van der Waals surface area (Å²) in [6.07, 6.45) is 0. The average molecular weight is 516 g/mol. The highest BCUT2D eigenvalue weighted by Gasteiger charge is 2.15. The van der Waals surface area contributed by atoms with Crippen LogP contribution in [0, 0.1) is 0 Å². The van der Waals surface area contributed by atoms with E-state index in [9.17, 15) is 0 Å². The van der Waals surface area contributed by atoms with Gasteiger partial charge in [0.25, 0.3) is 0 Å². The molecule has 0 bridgehead atoms. The summed E-state index contributed by atoms with van der Waals surface area (Å²) in [4.78, 5) is 0. The van der Waals surface area contributed by atoms with E-state index in [4.69, 9.17) is 9.47 Å². The lowest BCUT2D eigenvalue weighted by Crippen LogP contribution is -2.17. The van der Waals surface area contributed by atoms with Crippen LogP contribution in [0.15, 0.2) is 84.0 Å². The van der Waals surface area contributed by atoms with Crippen LogP contribution in [0.4, 0.5) is 0 Å². The van der Waals surface area contributed by atoms with Gasteiger partial charge in [0.05, 0.1) is 18.0 Å².